The maximum Gasteiger partial charge on any atom is 0.270 e. The highest BCUT2D eigenvalue weighted by Crippen LogP contribution is 2.43. The van der Waals surface area contributed by atoms with Gasteiger partial charge in [0.2, 0.25) is 11.8 Å². The highest BCUT2D eigenvalue weighted by atomic mass is 16.5. The van der Waals surface area contributed by atoms with Gasteiger partial charge in [-0.2, -0.15) is 0 Å². The fourth-order valence-corrected chi connectivity index (χ4v) is 6.94. The molecule has 3 amide bonds. The fraction of sp³-hybridized carbons (Fsp3) is 0.727. The number of benzene rings is 1. The Balaban J connectivity index is 1.29. The minimum absolute atomic E-state index is 0.00798. The number of hydrogen-bond donors (Lipinski definition) is 2. The summed E-state index contributed by atoms with van der Waals surface area (Å²) in [4.78, 5) is 44.5. The van der Waals surface area contributed by atoms with Crippen molar-refractivity contribution < 1.29 is 28.6 Å². The minimum Gasteiger partial charge on any atom is -0.476 e. The lowest BCUT2D eigenvalue weighted by atomic mass is 9.84. The van der Waals surface area contributed by atoms with Gasteiger partial charge in [-0.3, -0.25) is 14.4 Å². The zero-order chi connectivity index (χ0) is 30.6. The van der Waals surface area contributed by atoms with E-state index in [9.17, 15) is 14.4 Å². The minimum atomic E-state index is -0.976. The van der Waals surface area contributed by atoms with Crippen LogP contribution in [0.3, 0.4) is 0 Å². The van der Waals surface area contributed by atoms with Gasteiger partial charge in [0.05, 0.1) is 23.1 Å². The van der Waals surface area contributed by atoms with E-state index in [2.05, 4.69) is 10.6 Å². The predicted molar refractivity (Wildman–Crippen MR) is 165 cm³/mol. The van der Waals surface area contributed by atoms with Crippen LogP contribution in [-0.4, -0.2) is 81.5 Å². The van der Waals surface area contributed by atoms with E-state index < -0.39 is 5.60 Å². The van der Waals surface area contributed by atoms with E-state index in [0.717, 1.165) is 44.2 Å². The number of amides is 3. The average Bonchev–Trinajstić information content (AvgIpc) is 3.84. The number of nitrogens with zero attached hydrogens (tertiary/aromatic N) is 2. The van der Waals surface area contributed by atoms with Crippen molar-refractivity contribution in [2.24, 2.45) is 11.8 Å². The smallest absolute Gasteiger partial charge is 0.270 e. The van der Waals surface area contributed by atoms with E-state index in [1.165, 1.54) is 6.42 Å². The van der Waals surface area contributed by atoms with Crippen molar-refractivity contribution in [1.82, 2.24) is 10.6 Å². The van der Waals surface area contributed by atoms with Gasteiger partial charge in [0.1, 0.15) is 5.75 Å². The molecule has 10 heteroatoms. The Kier molecular flexibility index (Phi) is 9.98. The quantitative estimate of drug-likeness (QED) is 0.352. The van der Waals surface area contributed by atoms with E-state index >= 15 is 0 Å². The number of rotatable bonds is 12. The summed E-state index contributed by atoms with van der Waals surface area (Å²) in [5, 5.41) is 6.55. The number of nitrogens with one attached hydrogen (secondary N) is 2. The molecule has 3 fully saturated rings. The van der Waals surface area contributed by atoms with Crippen molar-refractivity contribution in [3.05, 3.63) is 18.2 Å². The van der Waals surface area contributed by atoms with Gasteiger partial charge in [-0.05, 0) is 77.5 Å². The zero-order valence-corrected chi connectivity index (χ0v) is 26.4. The van der Waals surface area contributed by atoms with Crippen LogP contribution in [0.5, 0.6) is 5.75 Å². The van der Waals surface area contributed by atoms with Crippen molar-refractivity contribution in [2.75, 3.05) is 56.3 Å². The molecular weight excluding hydrogens is 548 g/mol. The second-order valence-corrected chi connectivity index (χ2v) is 13.2. The molecule has 2 aliphatic heterocycles. The molecule has 1 aromatic carbocycles. The molecule has 2 N–H and O–H groups in total. The molecule has 0 unspecified atom stereocenters. The summed E-state index contributed by atoms with van der Waals surface area (Å²) in [6.07, 6.45) is 8.48. The first-order valence-electron chi connectivity index (χ1n) is 16.3. The lowest BCUT2D eigenvalue weighted by Gasteiger charge is -2.40. The van der Waals surface area contributed by atoms with Crippen LogP contribution in [0.25, 0.3) is 0 Å². The number of piperidine rings is 1. The third kappa shape index (κ3) is 7.18. The molecule has 2 saturated carbocycles. The third-order valence-corrected chi connectivity index (χ3v) is 9.39. The molecule has 0 radical (unpaired) electrons. The molecule has 4 aliphatic rings. The topological polar surface area (TPSA) is 109 Å². The van der Waals surface area contributed by atoms with Crippen molar-refractivity contribution in [3.63, 3.8) is 0 Å². The van der Waals surface area contributed by atoms with Gasteiger partial charge in [0.15, 0.2) is 5.60 Å². The average molecular weight is 599 g/mol. The SMILES string of the molecule is CCOC1(CNC(=O)[C@@H]2CNC[C@H](C(=O)N(c3ccc4c(c3)N(CCCOC)C(=O)C(C)(C)O4)C3CC3)C2)CCCCC1. The van der Waals surface area contributed by atoms with Crippen LogP contribution in [0.4, 0.5) is 11.4 Å². The van der Waals surface area contributed by atoms with E-state index in [0.29, 0.717) is 63.7 Å². The van der Waals surface area contributed by atoms with Crippen LogP contribution in [0.2, 0.25) is 0 Å². The Morgan fingerprint density at radius 1 is 1.14 bits per heavy atom. The number of methoxy groups -OCH3 is 1. The van der Waals surface area contributed by atoms with Crippen LogP contribution < -0.4 is 25.2 Å². The Morgan fingerprint density at radius 3 is 2.58 bits per heavy atom. The van der Waals surface area contributed by atoms with Gasteiger partial charge < -0.3 is 34.6 Å². The molecule has 2 aliphatic carbocycles. The maximum atomic E-state index is 14.1. The summed E-state index contributed by atoms with van der Waals surface area (Å²) >= 11 is 0. The van der Waals surface area contributed by atoms with Crippen LogP contribution in [0.15, 0.2) is 18.2 Å². The highest BCUT2D eigenvalue weighted by Gasteiger charge is 2.43. The molecule has 238 valence electrons. The van der Waals surface area contributed by atoms with E-state index in [1.54, 1.807) is 25.9 Å². The summed E-state index contributed by atoms with van der Waals surface area (Å²) in [7, 11) is 1.65. The molecule has 43 heavy (non-hydrogen) atoms. The molecular formula is C33H50N4O6. The molecule has 10 nitrogen and oxygen atoms in total. The summed E-state index contributed by atoms with van der Waals surface area (Å²) in [5.74, 6) is -0.0494. The number of hydrogen-bond acceptors (Lipinski definition) is 7. The zero-order valence-electron chi connectivity index (χ0n) is 26.4. The maximum absolute atomic E-state index is 14.1. The summed E-state index contributed by atoms with van der Waals surface area (Å²) in [6, 6.07) is 5.84. The molecule has 0 aromatic heterocycles. The Hall–Kier alpha value is -2.69. The van der Waals surface area contributed by atoms with Gasteiger partial charge in [-0.15, -0.1) is 0 Å². The van der Waals surface area contributed by atoms with Crippen molar-refractivity contribution >= 4 is 29.1 Å². The number of fused-ring (bicyclic) bond motifs is 1. The van der Waals surface area contributed by atoms with Gasteiger partial charge >= 0.3 is 0 Å². The molecule has 2 heterocycles. The monoisotopic (exact) mass is 598 g/mol. The Morgan fingerprint density at radius 2 is 1.88 bits per heavy atom. The summed E-state index contributed by atoms with van der Waals surface area (Å²) in [6.45, 7) is 8.89. The first-order valence-corrected chi connectivity index (χ1v) is 16.3. The van der Waals surface area contributed by atoms with Gasteiger partial charge in [0, 0.05) is 58.2 Å². The number of carbonyl (C=O) groups is 3. The van der Waals surface area contributed by atoms with Gasteiger partial charge in [-0.25, -0.2) is 0 Å². The number of anilines is 2. The third-order valence-electron chi connectivity index (χ3n) is 9.39. The van der Waals surface area contributed by atoms with E-state index in [-0.39, 0.29) is 41.2 Å². The second kappa shape index (κ2) is 13.5. The Bertz CT molecular complexity index is 1160. The standard InChI is InChI=1S/C33H50N4O6/c1-5-42-33(14-7-6-8-15-33)22-35-29(38)23-18-24(21-34-20-23)30(39)37(25-10-11-25)26-12-13-28-27(19-26)36(16-9-17-41-4)31(40)32(2,3)43-28/h12-13,19,23-25,34H,5-11,14-18,20-22H2,1-4H3,(H,35,38)/t23-,24+/m0/s1. The van der Waals surface area contributed by atoms with E-state index in [4.69, 9.17) is 14.2 Å². The van der Waals surface area contributed by atoms with Gasteiger partial charge in [-0.1, -0.05) is 19.3 Å². The van der Waals surface area contributed by atoms with Crippen LogP contribution in [-0.2, 0) is 23.9 Å². The molecule has 1 saturated heterocycles. The predicted octanol–water partition coefficient (Wildman–Crippen LogP) is 3.80. The van der Waals surface area contributed by atoms with E-state index in [1.807, 2.05) is 30.0 Å². The van der Waals surface area contributed by atoms with Crippen molar-refractivity contribution in [3.8, 4) is 5.75 Å². The van der Waals surface area contributed by atoms with Crippen LogP contribution in [0.1, 0.15) is 78.6 Å². The van der Waals surface area contributed by atoms with Gasteiger partial charge in [0.25, 0.3) is 5.91 Å². The van der Waals surface area contributed by atoms with Crippen LogP contribution in [0, 0.1) is 11.8 Å². The fourth-order valence-electron chi connectivity index (χ4n) is 6.94. The van der Waals surface area contributed by atoms with Crippen LogP contribution >= 0.6 is 0 Å². The van der Waals surface area contributed by atoms with Crippen molar-refractivity contribution in [1.29, 1.82) is 0 Å². The number of ether oxygens (including phenoxy) is 3. The number of carbonyl (C=O) groups excluding carboxylic acids is 3. The normalized spacial score (nSPS) is 24.6. The van der Waals surface area contributed by atoms with Crippen molar-refractivity contribution in [2.45, 2.75) is 95.8 Å². The molecule has 5 rings (SSSR count). The summed E-state index contributed by atoms with van der Waals surface area (Å²) in [5.41, 5.74) is 0.200. The molecule has 1 aromatic rings. The molecule has 2 atom stereocenters. The lowest BCUT2D eigenvalue weighted by molar-refractivity contribution is -0.132. The first kappa shape index (κ1) is 31.7. The molecule has 0 bridgehead atoms. The lowest BCUT2D eigenvalue weighted by Crippen LogP contribution is -2.53. The highest BCUT2D eigenvalue weighted by molar-refractivity contribution is 6.04. The largest absolute Gasteiger partial charge is 0.476 e. The summed E-state index contributed by atoms with van der Waals surface area (Å²) < 4.78 is 17.5. The second-order valence-electron chi connectivity index (χ2n) is 13.2. The Labute approximate surface area is 256 Å². The first-order chi connectivity index (χ1) is 20.7. The molecule has 0 spiro atoms.